The van der Waals surface area contributed by atoms with Crippen LogP contribution in [0.1, 0.15) is 18.4 Å². The molecule has 0 aliphatic carbocycles. The van der Waals surface area contributed by atoms with Crippen molar-refractivity contribution in [1.82, 2.24) is 0 Å². The second kappa shape index (κ2) is 8.17. The fourth-order valence-electron chi connectivity index (χ4n) is 2.22. The summed E-state index contributed by atoms with van der Waals surface area (Å²) in [6.45, 7) is 0. The minimum Gasteiger partial charge on any atom is -0.497 e. The molecule has 0 atom stereocenters. The number of rotatable bonds is 7. The number of hydrogen-bond donors (Lipinski definition) is 1. The number of methoxy groups -OCH3 is 2. The first-order chi connectivity index (χ1) is 11.1. The molecule has 0 bridgehead atoms. The molecule has 0 aromatic heterocycles. The normalized spacial score (nSPS) is 10.2. The van der Waals surface area contributed by atoms with Gasteiger partial charge in [0, 0.05) is 12.5 Å². The first kappa shape index (κ1) is 16.8. The minimum atomic E-state index is -0.252. The van der Waals surface area contributed by atoms with E-state index >= 15 is 0 Å². The van der Waals surface area contributed by atoms with Crippen LogP contribution >= 0.6 is 0 Å². The molecule has 1 N–H and O–H groups in total. The largest absolute Gasteiger partial charge is 0.497 e. The van der Waals surface area contributed by atoms with E-state index in [0.29, 0.717) is 30.0 Å². The van der Waals surface area contributed by atoms with Gasteiger partial charge in [-0.2, -0.15) is 0 Å². The van der Waals surface area contributed by atoms with E-state index in [2.05, 4.69) is 5.32 Å². The number of anilines is 1. The molecule has 0 unspecified atom stereocenters. The first-order valence-corrected chi connectivity index (χ1v) is 7.38. The third-order valence-electron chi connectivity index (χ3n) is 3.47. The van der Waals surface area contributed by atoms with Gasteiger partial charge in [-0.3, -0.25) is 4.79 Å². The van der Waals surface area contributed by atoms with Gasteiger partial charge in [0.1, 0.15) is 17.3 Å². The van der Waals surface area contributed by atoms with E-state index in [9.17, 15) is 9.18 Å². The summed E-state index contributed by atoms with van der Waals surface area (Å²) in [5.41, 5.74) is 1.63. The molecule has 2 aromatic carbocycles. The standard InChI is InChI=1S/C18H20FNO3/c1-22-15-10-11-16(17(12-15)23-2)20-18(21)5-3-4-13-6-8-14(19)9-7-13/h6-12H,3-5H2,1-2H3,(H,20,21). The summed E-state index contributed by atoms with van der Waals surface area (Å²) in [5, 5.41) is 2.83. The molecule has 0 radical (unpaired) electrons. The number of benzene rings is 2. The van der Waals surface area contributed by atoms with Gasteiger partial charge in [-0.15, -0.1) is 0 Å². The lowest BCUT2D eigenvalue weighted by molar-refractivity contribution is -0.116. The molecule has 0 saturated heterocycles. The number of aryl methyl sites for hydroxylation is 1. The topological polar surface area (TPSA) is 47.6 Å². The number of halogens is 1. The Labute approximate surface area is 135 Å². The summed E-state index contributed by atoms with van der Waals surface area (Å²) < 4.78 is 23.2. The van der Waals surface area contributed by atoms with Gasteiger partial charge >= 0.3 is 0 Å². The van der Waals surface area contributed by atoms with Gasteiger partial charge in [0.25, 0.3) is 0 Å². The molecule has 2 aromatic rings. The molecule has 0 aliphatic rings. The number of ether oxygens (including phenoxy) is 2. The van der Waals surface area contributed by atoms with E-state index in [0.717, 1.165) is 12.0 Å². The molecule has 0 saturated carbocycles. The molecule has 0 spiro atoms. The van der Waals surface area contributed by atoms with Crippen molar-refractivity contribution >= 4 is 11.6 Å². The highest BCUT2D eigenvalue weighted by atomic mass is 19.1. The summed E-state index contributed by atoms with van der Waals surface area (Å²) >= 11 is 0. The van der Waals surface area contributed by atoms with Crippen molar-refractivity contribution in [2.75, 3.05) is 19.5 Å². The average molecular weight is 317 g/mol. The Morgan fingerprint density at radius 1 is 1.09 bits per heavy atom. The van der Waals surface area contributed by atoms with E-state index in [4.69, 9.17) is 9.47 Å². The van der Waals surface area contributed by atoms with Crippen molar-refractivity contribution in [1.29, 1.82) is 0 Å². The summed E-state index contributed by atoms with van der Waals surface area (Å²) in [5.74, 6) is 0.876. The van der Waals surface area contributed by atoms with Crippen molar-refractivity contribution in [3.8, 4) is 11.5 Å². The molecule has 1 amide bonds. The molecule has 5 heteroatoms. The van der Waals surface area contributed by atoms with Gasteiger partial charge in [-0.25, -0.2) is 4.39 Å². The molecule has 0 heterocycles. The first-order valence-electron chi connectivity index (χ1n) is 7.38. The van der Waals surface area contributed by atoms with Gasteiger partial charge < -0.3 is 14.8 Å². The van der Waals surface area contributed by atoms with E-state index < -0.39 is 0 Å². The fourth-order valence-corrected chi connectivity index (χ4v) is 2.22. The summed E-state index contributed by atoms with van der Waals surface area (Å²) in [6.07, 6.45) is 1.80. The predicted molar refractivity (Wildman–Crippen MR) is 87.5 cm³/mol. The van der Waals surface area contributed by atoms with Crippen LogP contribution in [0, 0.1) is 5.82 Å². The monoisotopic (exact) mass is 317 g/mol. The van der Waals surface area contributed by atoms with Crippen LogP contribution in [-0.4, -0.2) is 20.1 Å². The quantitative estimate of drug-likeness (QED) is 0.845. The predicted octanol–water partition coefficient (Wildman–Crippen LogP) is 3.80. The lowest BCUT2D eigenvalue weighted by Crippen LogP contribution is -2.12. The summed E-state index contributed by atoms with van der Waals surface area (Å²) in [6, 6.07) is 11.6. The molecule has 2 rings (SSSR count). The Kier molecular flexibility index (Phi) is 5.97. The van der Waals surface area contributed by atoms with Crippen LogP contribution in [0.5, 0.6) is 11.5 Å². The van der Waals surface area contributed by atoms with Crippen molar-refractivity contribution in [3.63, 3.8) is 0 Å². The van der Waals surface area contributed by atoms with Crippen molar-refractivity contribution in [2.45, 2.75) is 19.3 Å². The number of amides is 1. The smallest absolute Gasteiger partial charge is 0.224 e. The van der Waals surface area contributed by atoms with Crippen LogP contribution in [-0.2, 0) is 11.2 Å². The zero-order valence-corrected chi connectivity index (χ0v) is 13.3. The maximum Gasteiger partial charge on any atom is 0.224 e. The van der Waals surface area contributed by atoms with E-state index in [-0.39, 0.29) is 11.7 Å². The molecular formula is C18H20FNO3. The van der Waals surface area contributed by atoms with Gasteiger partial charge in [-0.1, -0.05) is 12.1 Å². The van der Waals surface area contributed by atoms with E-state index in [1.54, 1.807) is 44.6 Å². The van der Waals surface area contributed by atoms with Crippen molar-refractivity contribution in [3.05, 3.63) is 53.8 Å². The Bertz CT molecular complexity index is 656. The Hall–Kier alpha value is -2.56. The fraction of sp³-hybridized carbons (Fsp3) is 0.278. The molecule has 122 valence electrons. The number of carbonyl (C=O) groups excluding carboxylic acids is 1. The molecule has 0 aliphatic heterocycles. The highest BCUT2D eigenvalue weighted by Gasteiger charge is 2.09. The van der Waals surface area contributed by atoms with Gasteiger partial charge in [0.2, 0.25) is 5.91 Å². The van der Waals surface area contributed by atoms with Crippen LogP contribution in [0.25, 0.3) is 0 Å². The van der Waals surface area contributed by atoms with Crippen molar-refractivity contribution < 1.29 is 18.7 Å². The van der Waals surface area contributed by atoms with E-state index in [1.807, 2.05) is 0 Å². The third kappa shape index (κ3) is 4.98. The van der Waals surface area contributed by atoms with E-state index in [1.165, 1.54) is 12.1 Å². The second-order valence-electron chi connectivity index (χ2n) is 5.09. The second-order valence-corrected chi connectivity index (χ2v) is 5.09. The zero-order chi connectivity index (χ0) is 16.7. The highest BCUT2D eigenvalue weighted by Crippen LogP contribution is 2.29. The Balaban J connectivity index is 1.86. The van der Waals surface area contributed by atoms with Crippen LogP contribution < -0.4 is 14.8 Å². The molecule has 4 nitrogen and oxygen atoms in total. The minimum absolute atomic E-state index is 0.0874. The van der Waals surface area contributed by atoms with Crippen LogP contribution in [0.4, 0.5) is 10.1 Å². The maximum atomic E-state index is 12.8. The SMILES string of the molecule is COc1ccc(NC(=O)CCCc2ccc(F)cc2)c(OC)c1. The summed E-state index contributed by atoms with van der Waals surface area (Å²) in [4.78, 5) is 12.0. The average Bonchev–Trinajstić information content (AvgIpc) is 2.57. The van der Waals surface area contributed by atoms with Gasteiger partial charge in [0.15, 0.2) is 0 Å². The van der Waals surface area contributed by atoms with Crippen LogP contribution in [0.15, 0.2) is 42.5 Å². The highest BCUT2D eigenvalue weighted by molar-refractivity contribution is 5.92. The molecule has 0 fully saturated rings. The van der Waals surface area contributed by atoms with Crippen molar-refractivity contribution in [2.24, 2.45) is 0 Å². The number of hydrogen-bond acceptors (Lipinski definition) is 3. The molecule has 23 heavy (non-hydrogen) atoms. The van der Waals surface area contributed by atoms with Crippen LogP contribution in [0.3, 0.4) is 0 Å². The lowest BCUT2D eigenvalue weighted by Gasteiger charge is -2.11. The Morgan fingerprint density at radius 3 is 2.48 bits per heavy atom. The maximum absolute atomic E-state index is 12.8. The van der Waals surface area contributed by atoms with Crippen LogP contribution in [0.2, 0.25) is 0 Å². The molecular weight excluding hydrogens is 297 g/mol. The lowest BCUT2D eigenvalue weighted by atomic mass is 10.1. The van der Waals surface area contributed by atoms with Gasteiger partial charge in [-0.05, 0) is 42.7 Å². The Morgan fingerprint density at radius 2 is 1.83 bits per heavy atom. The number of nitrogens with one attached hydrogen (secondary N) is 1. The number of carbonyl (C=O) groups is 1. The third-order valence-corrected chi connectivity index (χ3v) is 3.47. The zero-order valence-electron chi connectivity index (χ0n) is 13.3. The summed E-state index contributed by atoms with van der Waals surface area (Å²) in [7, 11) is 3.11. The van der Waals surface area contributed by atoms with Gasteiger partial charge in [0.05, 0.1) is 19.9 Å².